The van der Waals surface area contributed by atoms with E-state index in [1.807, 2.05) is 30.3 Å². The van der Waals surface area contributed by atoms with Gasteiger partial charge in [0.2, 0.25) is 10.0 Å². The molecular formula is C13H19NO4S. The Bertz CT molecular complexity index is 511. The summed E-state index contributed by atoms with van der Waals surface area (Å²) in [6, 6.07) is 8.90. The largest absolute Gasteiger partial charge is 0.480 e. The number of aliphatic carboxylic acids is 1. The van der Waals surface area contributed by atoms with Crippen molar-refractivity contribution < 1.29 is 18.3 Å². The van der Waals surface area contributed by atoms with E-state index in [0.29, 0.717) is 6.42 Å². The van der Waals surface area contributed by atoms with E-state index in [-0.39, 0.29) is 11.8 Å². The number of hydrogen-bond acceptors (Lipinski definition) is 3. The zero-order valence-electron chi connectivity index (χ0n) is 11.1. The Kier molecular flexibility index (Phi) is 5.50. The summed E-state index contributed by atoms with van der Waals surface area (Å²) < 4.78 is 25.3. The molecule has 0 radical (unpaired) electrons. The van der Waals surface area contributed by atoms with Crippen LogP contribution in [0.2, 0.25) is 0 Å². The third-order valence-electron chi connectivity index (χ3n) is 2.72. The van der Waals surface area contributed by atoms with Crippen LogP contribution in [0.4, 0.5) is 0 Å². The molecule has 0 saturated carbocycles. The van der Waals surface area contributed by atoms with E-state index in [1.54, 1.807) is 13.8 Å². The van der Waals surface area contributed by atoms with Gasteiger partial charge in [-0.05, 0) is 25.8 Å². The van der Waals surface area contributed by atoms with Crippen LogP contribution >= 0.6 is 0 Å². The van der Waals surface area contributed by atoms with Crippen molar-refractivity contribution in [2.24, 2.45) is 0 Å². The summed E-state index contributed by atoms with van der Waals surface area (Å²) in [5, 5.41) is 8.78. The Morgan fingerprint density at radius 1 is 1.26 bits per heavy atom. The standard InChI is InChI=1S/C13H19NO4S/c1-11(2)14(10-13(15)16)19(17,18)9-8-12-6-4-3-5-7-12/h3-7,11H,8-10H2,1-2H3,(H,15,16). The molecule has 106 valence electrons. The van der Waals surface area contributed by atoms with Crippen LogP contribution in [0.15, 0.2) is 30.3 Å². The number of benzene rings is 1. The van der Waals surface area contributed by atoms with Crippen molar-refractivity contribution in [3.05, 3.63) is 35.9 Å². The smallest absolute Gasteiger partial charge is 0.318 e. The molecule has 19 heavy (non-hydrogen) atoms. The van der Waals surface area contributed by atoms with Crippen molar-refractivity contribution in [2.75, 3.05) is 12.3 Å². The fourth-order valence-corrected chi connectivity index (χ4v) is 3.42. The Balaban J connectivity index is 2.75. The van der Waals surface area contributed by atoms with Gasteiger partial charge in [0, 0.05) is 6.04 Å². The fourth-order valence-electron chi connectivity index (χ4n) is 1.74. The molecule has 6 heteroatoms. The van der Waals surface area contributed by atoms with E-state index < -0.39 is 22.5 Å². The van der Waals surface area contributed by atoms with Gasteiger partial charge in [0.15, 0.2) is 0 Å². The Morgan fingerprint density at radius 3 is 2.32 bits per heavy atom. The van der Waals surface area contributed by atoms with Gasteiger partial charge in [-0.25, -0.2) is 8.42 Å². The fraction of sp³-hybridized carbons (Fsp3) is 0.462. The zero-order valence-corrected chi connectivity index (χ0v) is 11.9. The number of rotatable bonds is 7. The molecule has 0 amide bonds. The molecule has 5 nitrogen and oxygen atoms in total. The monoisotopic (exact) mass is 285 g/mol. The minimum atomic E-state index is -3.56. The number of sulfonamides is 1. The molecule has 0 aliphatic rings. The molecule has 0 aliphatic carbocycles. The number of aryl methyl sites for hydroxylation is 1. The highest BCUT2D eigenvalue weighted by Crippen LogP contribution is 2.10. The molecule has 0 heterocycles. The van der Waals surface area contributed by atoms with Crippen molar-refractivity contribution in [3.63, 3.8) is 0 Å². The van der Waals surface area contributed by atoms with Crippen LogP contribution in [0.5, 0.6) is 0 Å². The second-order valence-corrected chi connectivity index (χ2v) is 6.63. The summed E-state index contributed by atoms with van der Waals surface area (Å²) in [6.07, 6.45) is 0.381. The number of carbonyl (C=O) groups is 1. The average Bonchev–Trinajstić information content (AvgIpc) is 2.34. The van der Waals surface area contributed by atoms with Gasteiger partial charge in [-0.1, -0.05) is 30.3 Å². The molecule has 0 atom stereocenters. The number of carboxylic acid groups (broad SMARTS) is 1. The normalized spacial score (nSPS) is 12.0. The highest BCUT2D eigenvalue weighted by molar-refractivity contribution is 7.89. The van der Waals surface area contributed by atoms with Gasteiger partial charge in [-0.3, -0.25) is 4.79 Å². The van der Waals surface area contributed by atoms with E-state index in [2.05, 4.69) is 0 Å². The van der Waals surface area contributed by atoms with Gasteiger partial charge in [0.1, 0.15) is 6.54 Å². The van der Waals surface area contributed by atoms with Crippen LogP contribution in [-0.4, -0.2) is 42.1 Å². The Labute approximate surface area is 113 Å². The first-order valence-corrected chi connectivity index (χ1v) is 7.69. The van der Waals surface area contributed by atoms with Crippen LogP contribution in [0.25, 0.3) is 0 Å². The van der Waals surface area contributed by atoms with E-state index >= 15 is 0 Å². The van der Waals surface area contributed by atoms with Gasteiger partial charge in [-0.2, -0.15) is 4.31 Å². The zero-order chi connectivity index (χ0) is 14.5. The van der Waals surface area contributed by atoms with Crippen molar-refractivity contribution in [2.45, 2.75) is 26.3 Å². The quantitative estimate of drug-likeness (QED) is 0.820. The van der Waals surface area contributed by atoms with E-state index in [4.69, 9.17) is 5.11 Å². The molecule has 1 N–H and O–H groups in total. The first-order chi connectivity index (χ1) is 8.83. The lowest BCUT2D eigenvalue weighted by Crippen LogP contribution is -2.42. The van der Waals surface area contributed by atoms with E-state index in [9.17, 15) is 13.2 Å². The molecule has 0 fully saturated rings. The molecule has 0 aromatic heterocycles. The average molecular weight is 285 g/mol. The molecule has 0 unspecified atom stereocenters. The third-order valence-corrected chi connectivity index (χ3v) is 4.70. The molecule has 1 aromatic carbocycles. The second kappa shape index (κ2) is 6.68. The maximum atomic E-state index is 12.1. The molecule has 1 rings (SSSR count). The lowest BCUT2D eigenvalue weighted by atomic mass is 10.2. The number of carboxylic acids is 1. The minimum absolute atomic E-state index is 0.0809. The highest BCUT2D eigenvalue weighted by Gasteiger charge is 2.26. The van der Waals surface area contributed by atoms with Gasteiger partial charge in [-0.15, -0.1) is 0 Å². The van der Waals surface area contributed by atoms with Crippen molar-refractivity contribution >= 4 is 16.0 Å². The maximum absolute atomic E-state index is 12.1. The van der Waals surface area contributed by atoms with Crippen LogP contribution in [0.3, 0.4) is 0 Å². The van der Waals surface area contributed by atoms with Crippen LogP contribution in [-0.2, 0) is 21.2 Å². The van der Waals surface area contributed by atoms with Gasteiger partial charge in [0.05, 0.1) is 5.75 Å². The summed E-state index contributed by atoms with van der Waals surface area (Å²) in [6.45, 7) is 2.85. The maximum Gasteiger partial charge on any atom is 0.318 e. The molecule has 0 bridgehead atoms. The van der Waals surface area contributed by atoms with Crippen LogP contribution in [0, 0.1) is 0 Å². The molecule has 0 saturated heterocycles. The molecule has 1 aromatic rings. The first kappa shape index (κ1) is 15.7. The molecular weight excluding hydrogens is 266 g/mol. The highest BCUT2D eigenvalue weighted by atomic mass is 32.2. The summed E-state index contributed by atoms with van der Waals surface area (Å²) in [5.74, 6) is -1.22. The summed E-state index contributed by atoms with van der Waals surface area (Å²) in [5.41, 5.74) is 0.921. The SMILES string of the molecule is CC(C)N(CC(=O)O)S(=O)(=O)CCc1ccccc1. The predicted octanol–water partition coefficient (Wildman–Crippen LogP) is 1.35. The van der Waals surface area contributed by atoms with Gasteiger partial charge >= 0.3 is 5.97 Å². The first-order valence-electron chi connectivity index (χ1n) is 6.08. The number of nitrogens with zero attached hydrogens (tertiary/aromatic N) is 1. The van der Waals surface area contributed by atoms with Crippen LogP contribution in [0.1, 0.15) is 19.4 Å². The Hall–Kier alpha value is -1.40. The van der Waals surface area contributed by atoms with E-state index in [0.717, 1.165) is 9.87 Å². The van der Waals surface area contributed by atoms with Crippen LogP contribution < -0.4 is 0 Å². The summed E-state index contributed by atoms with van der Waals surface area (Å²) in [7, 11) is -3.56. The lowest BCUT2D eigenvalue weighted by Gasteiger charge is -2.24. The second-order valence-electron chi connectivity index (χ2n) is 4.58. The Morgan fingerprint density at radius 2 is 1.84 bits per heavy atom. The number of hydrogen-bond donors (Lipinski definition) is 1. The molecule has 0 aliphatic heterocycles. The van der Waals surface area contributed by atoms with Crippen molar-refractivity contribution in [3.8, 4) is 0 Å². The summed E-state index contributed by atoms with van der Waals surface area (Å²) >= 11 is 0. The lowest BCUT2D eigenvalue weighted by molar-refractivity contribution is -0.137. The van der Waals surface area contributed by atoms with Gasteiger partial charge in [0.25, 0.3) is 0 Å². The van der Waals surface area contributed by atoms with Gasteiger partial charge < -0.3 is 5.11 Å². The van der Waals surface area contributed by atoms with E-state index in [1.165, 1.54) is 0 Å². The minimum Gasteiger partial charge on any atom is -0.480 e. The predicted molar refractivity (Wildman–Crippen MR) is 73.4 cm³/mol. The third kappa shape index (κ3) is 5.00. The topological polar surface area (TPSA) is 74.7 Å². The summed E-state index contributed by atoms with van der Waals surface area (Å²) in [4.78, 5) is 10.7. The van der Waals surface area contributed by atoms with Crippen molar-refractivity contribution in [1.82, 2.24) is 4.31 Å². The van der Waals surface area contributed by atoms with Crippen molar-refractivity contribution in [1.29, 1.82) is 0 Å². The molecule has 0 spiro atoms.